The smallest absolute Gasteiger partial charge is 0.178 e. The Labute approximate surface area is 149 Å². The number of ketones is 1. The summed E-state index contributed by atoms with van der Waals surface area (Å²) in [6.45, 7) is 0.286. The maximum atomic E-state index is 13.3. The van der Waals surface area contributed by atoms with Crippen molar-refractivity contribution in [2.75, 3.05) is 20.8 Å². The average Bonchev–Trinajstić information content (AvgIpc) is 3.12. The fourth-order valence-electron chi connectivity index (χ4n) is 3.74. The SMILES string of the molecule is COc1cc2c(cc1OC)[C@@H]1C(=O)c3cc4ccoc4cc3O[C@H]1CO2. The Morgan fingerprint density at radius 3 is 2.65 bits per heavy atom. The number of hydrogen-bond acceptors (Lipinski definition) is 6. The minimum atomic E-state index is -0.449. The second-order valence-corrected chi connectivity index (χ2v) is 6.36. The number of carbonyl (C=O) groups is 1. The zero-order valence-corrected chi connectivity index (χ0v) is 14.3. The predicted octanol–water partition coefficient (Wildman–Crippen LogP) is 3.57. The van der Waals surface area contributed by atoms with Crippen LogP contribution in [0.5, 0.6) is 23.0 Å². The summed E-state index contributed by atoms with van der Waals surface area (Å²) in [6, 6.07) is 8.98. The molecule has 3 heterocycles. The zero-order chi connectivity index (χ0) is 17.8. The Bertz CT molecular complexity index is 1030. The number of furan rings is 1. The summed E-state index contributed by atoms with van der Waals surface area (Å²) in [7, 11) is 3.13. The van der Waals surface area contributed by atoms with Crippen molar-refractivity contribution in [2.24, 2.45) is 0 Å². The van der Waals surface area contributed by atoms with E-state index in [9.17, 15) is 4.79 Å². The largest absolute Gasteiger partial charge is 0.493 e. The molecular formula is C20H16O6. The number of rotatable bonds is 2. The third-order valence-electron chi connectivity index (χ3n) is 5.01. The van der Waals surface area contributed by atoms with E-state index in [-0.39, 0.29) is 12.4 Å². The molecule has 3 aromatic rings. The van der Waals surface area contributed by atoms with Gasteiger partial charge in [-0.3, -0.25) is 4.79 Å². The van der Waals surface area contributed by atoms with Gasteiger partial charge in [0.1, 0.15) is 29.8 Å². The molecule has 0 radical (unpaired) electrons. The molecule has 0 spiro atoms. The minimum Gasteiger partial charge on any atom is -0.493 e. The van der Waals surface area contributed by atoms with E-state index in [1.54, 1.807) is 38.7 Å². The number of methoxy groups -OCH3 is 2. The highest BCUT2D eigenvalue weighted by atomic mass is 16.5. The lowest BCUT2D eigenvalue weighted by molar-refractivity contribution is 0.0559. The summed E-state index contributed by atoms with van der Waals surface area (Å²) < 4.78 is 28.1. The van der Waals surface area contributed by atoms with Crippen molar-refractivity contribution >= 4 is 16.8 Å². The third-order valence-corrected chi connectivity index (χ3v) is 5.01. The number of Topliss-reactive ketones (excluding diaryl/α,β-unsaturated/α-hetero) is 1. The Morgan fingerprint density at radius 1 is 1.04 bits per heavy atom. The molecule has 132 valence electrons. The standard InChI is InChI=1S/C20H16O6/c1-22-16-6-11-14(8-17(16)23-2)25-9-18-19(11)20(21)12-5-10-3-4-24-13(10)7-15(12)26-18/h3-8,18-19H,9H2,1-2H3/t18-,19-/m0/s1. The van der Waals surface area contributed by atoms with E-state index in [0.717, 1.165) is 10.9 Å². The van der Waals surface area contributed by atoms with Gasteiger partial charge in [-0.05, 0) is 18.2 Å². The van der Waals surface area contributed by atoms with Gasteiger partial charge < -0.3 is 23.4 Å². The number of hydrogen-bond donors (Lipinski definition) is 0. The summed E-state index contributed by atoms with van der Waals surface area (Å²) in [5, 5.41) is 0.874. The van der Waals surface area contributed by atoms with Gasteiger partial charge in [0.2, 0.25) is 0 Å². The van der Waals surface area contributed by atoms with Crippen LogP contribution < -0.4 is 18.9 Å². The van der Waals surface area contributed by atoms with E-state index >= 15 is 0 Å². The first-order chi connectivity index (χ1) is 12.7. The zero-order valence-electron chi connectivity index (χ0n) is 14.3. The van der Waals surface area contributed by atoms with Crippen LogP contribution in [0.15, 0.2) is 41.0 Å². The summed E-state index contributed by atoms with van der Waals surface area (Å²) in [6.07, 6.45) is 1.21. The molecule has 0 aliphatic carbocycles. The highest BCUT2D eigenvalue weighted by Crippen LogP contribution is 2.47. The van der Waals surface area contributed by atoms with Gasteiger partial charge in [-0.1, -0.05) is 0 Å². The number of ether oxygens (including phenoxy) is 4. The van der Waals surface area contributed by atoms with Gasteiger partial charge in [-0.15, -0.1) is 0 Å². The van der Waals surface area contributed by atoms with Crippen molar-refractivity contribution in [3.63, 3.8) is 0 Å². The van der Waals surface area contributed by atoms with Gasteiger partial charge in [-0.2, -0.15) is 0 Å². The molecule has 2 aliphatic rings. The van der Waals surface area contributed by atoms with Gasteiger partial charge in [0.05, 0.1) is 32.0 Å². The lowest BCUT2D eigenvalue weighted by Gasteiger charge is -2.37. The molecule has 0 N–H and O–H groups in total. The molecule has 6 heteroatoms. The van der Waals surface area contributed by atoms with Crippen LogP contribution in [0.4, 0.5) is 0 Å². The van der Waals surface area contributed by atoms with Crippen molar-refractivity contribution in [3.05, 3.63) is 47.7 Å². The molecule has 1 aromatic heterocycles. The monoisotopic (exact) mass is 352 g/mol. The van der Waals surface area contributed by atoms with Crippen LogP contribution in [0.25, 0.3) is 11.0 Å². The van der Waals surface area contributed by atoms with Gasteiger partial charge in [-0.25, -0.2) is 0 Å². The molecule has 5 rings (SSSR count). The van der Waals surface area contributed by atoms with Crippen molar-refractivity contribution in [3.8, 4) is 23.0 Å². The van der Waals surface area contributed by atoms with Crippen LogP contribution in [0.1, 0.15) is 21.8 Å². The Hall–Kier alpha value is -3.15. The molecule has 0 bridgehead atoms. The summed E-state index contributed by atoms with van der Waals surface area (Å²) in [4.78, 5) is 13.3. The Morgan fingerprint density at radius 2 is 1.85 bits per heavy atom. The maximum Gasteiger partial charge on any atom is 0.178 e. The van der Waals surface area contributed by atoms with E-state index in [1.165, 1.54) is 0 Å². The van der Waals surface area contributed by atoms with Crippen LogP contribution in [-0.2, 0) is 0 Å². The van der Waals surface area contributed by atoms with Gasteiger partial charge in [0, 0.05) is 23.1 Å². The molecule has 2 aliphatic heterocycles. The fraction of sp³-hybridized carbons (Fsp3) is 0.250. The molecule has 2 aromatic carbocycles. The quantitative estimate of drug-likeness (QED) is 0.702. The summed E-state index contributed by atoms with van der Waals surface area (Å²) in [5.41, 5.74) is 2.00. The van der Waals surface area contributed by atoms with E-state index < -0.39 is 12.0 Å². The topological polar surface area (TPSA) is 67.1 Å². The number of carbonyl (C=O) groups excluding carboxylic acids is 1. The maximum absolute atomic E-state index is 13.3. The van der Waals surface area contributed by atoms with Crippen LogP contribution in [0.2, 0.25) is 0 Å². The first-order valence-electron chi connectivity index (χ1n) is 8.30. The molecule has 0 fully saturated rings. The molecule has 0 unspecified atom stereocenters. The lowest BCUT2D eigenvalue weighted by Crippen LogP contribution is -2.43. The second-order valence-electron chi connectivity index (χ2n) is 6.36. The second kappa shape index (κ2) is 5.42. The highest BCUT2D eigenvalue weighted by molar-refractivity contribution is 6.07. The Kier molecular flexibility index (Phi) is 3.16. The predicted molar refractivity (Wildman–Crippen MR) is 92.7 cm³/mol. The van der Waals surface area contributed by atoms with Gasteiger partial charge in [0.15, 0.2) is 17.3 Å². The third kappa shape index (κ3) is 2.02. The molecule has 6 nitrogen and oxygen atoms in total. The molecule has 0 saturated heterocycles. The van der Waals surface area contributed by atoms with Gasteiger partial charge >= 0.3 is 0 Å². The minimum absolute atomic E-state index is 0.0103. The summed E-state index contributed by atoms with van der Waals surface area (Å²) in [5.74, 6) is 1.83. The molecule has 26 heavy (non-hydrogen) atoms. The van der Waals surface area contributed by atoms with Crippen molar-refractivity contribution in [1.82, 2.24) is 0 Å². The van der Waals surface area contributed by atoms with E-state index in [1.807, 2.05) is 12.1 Å². The summed E-state index contributed by atoms with van der Waals surface area (Å²) >= 11 is 0. The highest BCUT2D eigenvalue weighted by Gasteiger charge is 2.43. The molecular weight excluding hydrogens is 336 g/mol. The van der Waals surface area contributed by atoms with Crippen LogP contribution in [-0.4, -0.2) is 32.7 Å². The normalized spacial score (nSPS) is 20.5. The van der Waals surface area contributed by atoms with E-state index in [4.69, 9.17) is 23.4 Å². The number of fused-ring (bicyclic) bond motifs is 5. The molecule has 0 amide bonds. The van der Waals surface area contributed by atoms with E-state index in [0.29, 0.717) is 34.1 Å². The van der Waals surface area contributed by atoms with Crippen molar-refractivity contribution < 1.29 is 28.2 Å². The van der Waals surface area contributed by atoms with Crippen LogP contribution >= 0.6 is 0 Å². The Balaban J connectivity index is 1.66. The molecule has 0 saturated carbocycles. The van der Waals surface area contributed by atoms with Crippen LogP contribution in [0.3, 0.4) is 0 Å². The van der Waals surface area contributed by atoms with Gasteiger partial charge in [0.25, 0.3) is 0 Å². The lowest BCUT2D eigenvalue weighted by atomic mass is 9.82. The fourth-order valence-corrected chi connectivity index (χ4v) is 3.74. The van der Waals surface area contributed by atoms with Crippen LogP contribution in [0, 0.1) is 0 Å². The van der Waals surface area contributed by atoms with Crippen molar-refractivity contribution in [1.29, 1.82) is 0 Å². The first kappa shape index (κ1) is 15.1. The number of benzene rings is 2. The first-order valence-corrected chi connectivity index (χ1v) is 8.30. The van der Waals surface area contributed by atoms with Crippen molar-refractivity contribution in [2.45, 2.75) is 12.0 Å². The molecule has 2 atom stereocenters. The van der Waals surface area contributed by atoms with E-state index in [2.05, 4.69) is 0 Å². The average molecular weight is 352 g/mol.